The molecule has 0 unspecified atom stereocenters. The smallest absolute Gasteiger partial charge is 0.338 e. The highest BCUT2D eigenvalue weighted by Crippen LogP contribution is 2.37. The van der Waals surface area contributed by atoms with Crippen LogP contribution in [0.25, 0.3) is 27.6 Å². The van der Waals surface area contributed by atoms with Gasteiger partial charge < -0.3 is 9.47 Å². The maximum Gasteiger partial charge on any atom is 0.338 e. The van der Waals surface area contributed by atoms with Crippen LogP contribution in [0.4, 0.5) is 0 Å². The van der Waals surface area contributed by atoms with Crippen molar-refractivity contribution >= 4 is 56.5 Å². The Bertz CT molecular complexity index is 1970. The molecular formula is C31H23ClN2O4S. The minimum Gasteiger partial charge on any atom is -0.496 e. The van der Waals surface area contributed by atoms with Crippen molar-refractivity contribution in [2.24, 2.45) is 4.99 Å². The van der Waals surface area contributed by atoms with Crippen molar-refractivity contribution in [1.82, 2.24) is 4.57 Å². The number of carbonyl (C=O) groups is 1. The molecule has 0 aliphatic carbocycles. The van der Waals surface area contributed by atoms with Crippen LogP contribution in [0.3, 0.4) is 0 Å². The molecular weight excluding hydrogens is 532 g/mol. The number of esters is 1. The summed E-state index contributed by atoms with van der Waals surface area (Å²) in [5.74, 6) is -0.0762. The summed E-state index contributed by atoms with van der Waals surface area (Å²) in [5, 5.41) is 4.71. The van der Waals surface area contributed by atoms with Crippen molar-refractivity contribution in [1.29, 1.82) is 0 Å². The number of hydrogen-bond acceptors (Lipinski definition) is 6. The van der Waals surface area contributed by atoms with E-state index in [-0.39, 0.29) is 11.1 Å². The molecule has 0 saturated carbocycles. The Morgan fingerprint density at radius 1 is 1.00 bits per heavy atom. The lowest BCUT2D eigenvalue weighted by atomic mass is 9.95. The number of methoxy groups -OCH3 is 2. The highest BCUT2D eigenvalue weighted by molar-refractivity contribution is 7.07. The third-order valence-corrected chi connectivity index (χ3v) is 8.22. The number of allylic oxidation sites excluding steroid dienone is 1. The normalized spacial score (nSPS) is 15.4. The summed E-state index contributed by atoms with van der Waals surface area (Å²) >= 11 is 7.66. The standard InChI is InChI=1S/C31H23ClN2O4S/c1-17-27(30(36)38-3)28(24-15-20(32)12-13-25(24)37-2)34-29(35)26(39-31(34)33-17)16-23-21-10-6-4-8-18(21)14-19-9-5-7-11-22(19)23/h4-16,28H,1-3H3/b26-16-/t28-/m0/s1. The number of nitrogens with zero attached hydrogens (tertiary/aromatic N) is 2. The van der Waals surface area contributed by atoms with Gasteiger partial charge in [0.25, 0.3) is 5.56 Å². The number of halogens is 1. The van der Waals surface area contributed by atoms with Crippen LogP contribution in [0, 0.1) is 0 Å². The third-order valence-electron chi connectivity index (χ3n) is 7.00. The van der Waals surface area contributed by atoms with Crippen molar-refractivity contribution in [2.45, 2.75) is 13.0 Å². The Morgan fingerprint density at radius 2 is 1.67 bits per heavy atom. The maximum atomic E-state index is 14.2. The first kappa shape index (κ1) is 25.1. The summed E-state index contributed by atoms with van der Waals surface area (Å²) in [6.45, 7) is 1.74. The second-order valence-corrected chi connectivity index (χ2v) is 10.6. The number of hydrogen-bond donors (Lipinski definition) is 0. The number of benzene rings is 4. The van der Waals surface area contributed by atoms with Gasteiger partial charge in [-0.2, -0.15) is 0 Å². The van der Waals surface area contributed by atoms with E-state index in [9.17, 15) is 9.59 Å². The van der Waals surface area contributed by atoms with Crippen molar-refractivity contribution in [2.75, 3.05) is 14.2 Å². The molecule has 194 valence electrons. The number of carbonyl (C=O) groups excluding carboxylic acids is 1. The van der Waals surface area contributed by atoms with Crippen molar-refractivity contribution < 1.29 is 14.3 Å². The molecule has 0 N–H and O–H groups in total. The van der Waals surface area contributed by atoms with Gasteiger partial charge in [-0.15, -0.1) is 0 Å². The predicted molar refractivity (Wildman–Crippen MR) is 155 cm³/mol. The quantitative estimate of drug-likeness (QED) is 0.221. The number of aromatic nitrogens is 1. The molecule has 0 spiro atoms. The van der Waals surface area contributed by atoms with Crippen LogP contribution in [0.15, 0.2) is 93.9 Å². The highest BCUT2D eigenvalue weighted by Gasteiger charge is 2.35. The molecule has 2 heterocycles. The van der Waals surface area contributed by atoms with Gasteiger partial charge in [0.1, 0.15) is 11.8 Å². The van der Waals surface area contributed by atoms with E-state index in [0.29, 0.717) is 31.4 Å². The summed E-state index contributed by atoms with van der Waals surface area (Å²) in [7, 11) is 2.85. The fourth-order valence-electron chi connectivity index (χ4n) is 5.24. The van der Waals surface area contributed by atoms with Gasteiger partial charge in [0, 0.05) is 10.6 Å². The van der Waals surface area contributed by atoms with Crippen LogP contribution in [-0.4, -0.2) is 24.8 Å². The maximum absolute atomic E-state index is 14.2. The highest BCUT2D eigenvalue weighted by atomic mass is 35.5. The molecule has 39 heavy (non-hydrogen) atoms. The van der Waals surface area contributed by atoms with E-state index >= 15 is 0 Å². The molecule has 0 radical (unpaired) electrons. The molecule has 6 nitrogen and oxygen atoms in total. The molecule has 0 amide bonds. The fourth-order valence-corrected chi connectivity index (χ4v) is 6.45. The molecule has 0 fully saturated rings. The van der Waals surface area contributed by atoms with Gasteiger partial charge in [0.15, 0.2) is 4.80 Å². The predicted octanol–water partition coefficient (Wildman–Crippen LogP) is 5.38. The Balaban J connectivity index is 1.68. The fraction of sp³-hybridized carbons (Fsp3) is 0.129. The topological polar surface area (TPSA) is 69.9 Å². The van der Waals surface area contributed by atoms with Gasteiger partial charge >= 0.3 is 5.97 Å². The molecule has 4 aromatic carbocycles. The Labute approximate surface area is 232 Å². The first-order valence-electron chi connectivity index (χ1n) is 12.3. The first-order valence-corrected chi connectivity index (χ1v) is 13.5. The molecule has 1 aliphatic heterocycles. The summed E-state index contributed by atoms with van der Waals surface area (Å²) in [6, 6.07) is 22.7. The summed E-state index contributed by atoms with van der Waals surface area (Å²) in [4.78, 5) is 32.3. The number of rotatable bonds is 4. The largest absolute Gasteiger partial charge is 0.496 e. The van der Waals surface area contributed by atoms with Gasteiger partial charge in [-0.25, -0.2) is 9.79 Å². The van der Waals surface area contributed by atoms with Crippen LogP contribution >= 0.6 is 22.9 Å². The summed E-state index contributed by atoms with van der Waals surface area (Å²) in [5.41, 5.74) is 1.99. The van der Waals surface area contributed by atoms with E-state index in [0.717, 1.165) is 27.1 Å². The molecule has 1 aromatic heterocycles. The number of thiazole rings is 1. The lowest BCUT2D eigenvalue weighted by Gasteiger charge is -2.25. The summed E-state index contributed by atoms with van der Waals surface area (Å²) in [6.07, 6.45) is 1.93. The zero-order valence-electron chi connectivity index (χ0n) is 21.4. The van der Waals surface area contributed by atoms with E-state index < -0.39 is 12.0 Å². The van der Waals surface area contributed by atoms with Crippen LogP contribution in [0.1, 0.15) is 24.1 Å². The second-order valence-electron chi connectivity index (χ2n) is 9.19. The van der Waals surface area contributed by atoms with E-state index in [4.69, 9.17) is 21.1 Å². The first-order chi connectivity index (χ1) is 18.9. The molecule has 1 atom stereocenters. The second kappa shape index (κ2) is 9.84. The van der Waals surface area contributed by atoms with Crippen LogP contribution in [0.2, 0.25) is 5.02 Å². The Hall–Kier alpha value is -4.20. The van der Waals surface area contributed by atoms with E-state index in [1.165, 1.54) is 30.1 Å². The summed E-state index contributed by atoms with van der Waals surface area (Å²) < 4.78 is 12.8. The van der Waals surface area contributed by atoms with Gasteiger partial charge in [-0.3, -0.25) is 9.36 Å². The molecule has 6 rings (SSSR count). The van der Waals surface area contributed by atoms with Gasteiger partial charge in [0.2, 0.25) is 0 Å². The Morgan fingerprint density at radius 3 is 2.31 bits per heavy atom. The minimum atomic E-state index is -0.825. The molecule has 8 heteroatoms. The molecule has 1 aliphatic rings. The minimum absolute atomic E-state index is 0.257. The molecule has 0 saturated heterocycles. The number of fused-ring (bicyclic) bond motifs is 3. The average molecular weight is 555 g/mol. The third kappa shape index (κ3) is 4.15. The number of ether oxygens (including phenoxy) is 2. The van der Waals surface area contributed by atoms with Crippen LogP contribution in [0.5, 0.6) is 5.75 Å². The monoisotopic (exact) mass is 554 g/mol. The lowest BCUT2D eigenvalue weighted by molar-refractivity contribution is -0.136. The van der Waals surface area contributed by atoms with Crippen molar-refractivity contribution in [3.63, 3.8) is 0 Å². The van der Waals surface area contributed by atoms with E-state index in [2.05, 4.69) is 35.3 Å². The molecule has 5 aromatic rings. The van der Waals surface area contributed by atoms with E-state index in [1.807, 2.05) is 30.3 Å². The van der Waals surface area contributed by atoms with Crippen LogP contribution < -0.4 is 19.6 Å². The zero-order chi connectivity index (χ0) is 27.3. The lowest BCUT2D eigenvalue weighted by Crippen LogP contribution is -2.40. The van der Waals surface area contributed by atoms with Crippen molar-refractivity contribution in [3.8, 4) is 5.75 Å². The van der Waals surface area contributed by atoms with Crippen LogP contribution in [-0.2, 0) is 9.53 Å². The van der Waals surface area contributed by atoms with E-state index in [1.54, 1.807) is 25.1 Å². The molecule has 0 bridgehead atoms. The SMILES string of the molecule is COC(=O)C1=C(C)N=c2s/c(=C\c3c4ccccc4cc4ccccc34)c(=O)n2[C@H]1c1cc(Cl)ccc1OC. The average Bonchev–Trinajstić information content (AvgIpc) is 3.25. The van der Waals surface area contributed by atoms with Gasteiger partial charge in [-0.05, 0) is 64.4 Å². The van der Waals surface area contributed by atoms with Gasteiger partial charge in [-0.1, -0.05) is 71.5 Å². The van der Waals surface area contributed by atoms with Crippen molar-refractivity contribution in [3.05, 3.63) is 120 Å². The Kier molecular flexibility index (Phi) is 6.33. The zero-order valence-corrected chi connectivity index (χ0v) is 23.0. The van der Waals surface area contributed by atoms with Gasteiger partial charge in [0.05, 0.1) is 30.0 Å².